The van der Waals surface area contributed by atoms with Gasteiger partial charge in [0.1, 0.15) is 0 Å². The monoisotopic (exact) mass is 353 g/mol. The lowest BCUT2D eigenvalue weighted by Gasteiger charge is -2.25. The normalized spacial score (nSPS) is 26.8. The fourth-order valence-corrected chi connectivity index (χ4v) is 3.97. The summed E-state index contributed by atoms with van der Waals surface area (Å²) in [6.45, 7) is 2.94. The van der Waals surface area contributed by atoms with E-state index in [-0.39, 0.29) is 10.6 Å². The molecule has 2 saturated heterocycles. The summed E-state index contributed by atoms with van der Waals surface area (Å²) in [4.78, 5) is 15.7. The van der Waals surface area contributed by atoms with Crippen LogP contribution in [-0.2, 0) is 6.54 Å². The van der Waals surface area contributed by atoms with Crippen LogP contribution in [0.5, 0.6) is 0 Å². The van der Waals surface area contributed by atoms with Crippen LogP contribution in [0.4, 0.5) is 5.69 Å². The number of hydrogen-bond acceptors (Lipinski definition) is 4. The minimum absolute atomic E-state index is 0.154. The molecule has 5 nitrogen and oxygen atoms in total. The van der Waals surface area contributed by atoms with Gasteiger partial charge in [-0.25, -0.2) is 0 Å². The van der Waals surface area contributed by atoms with E-state index in [1.165, 1.54) is 19.3 Å². The molecule has 3 rings (SSSR count). The molecule has 1 aromatic carbocycles. The summed E-state index contributed by atoms with van der Waals surface area (Å²) in [6, 6.07) is 6.81. The summed E-state index contributed by atoms with van der Waals surface area (Å²) in [5.74, 6) is 0. The topological polar surface area (TPSA) is 49.6 Å². The second-order valence-corrected chi connectivity index (χ2v) is 6.97. The van der Waals surface area contributed by atoms with Crippen LogP contribution in [-0.4, -0.2) is 46.9 Å². The maximum Gasteiger partial charge on any atom is 0.283 e. The van der Waals surface area contributed by atoms with E-state index in [0.29, 0.717) is 10.5 Å². The van der Waals surface area contributed by atoms with Crippen molar-refractivity contribution in [3.05, 3.63) is 38.3 Å². The zero-order valence-electron chi connectivity index (χ0n) is 12.2. The van der Waals surface area contributed by atoms with Crippen molar-refractivity contribution in [2.24, 2.45) is 0 Å². The molecule has 0 spiro atoms. The number of nitrogens with zero attached hydrogens (tertiary/aromatic N) is 3. The lowest BCUT2D eigenvalue weighted by Crippen LogP contribution is -2.36. The van der Waals surface area contributed by atoms with Gasteiger partial charge in [0.05, 0.1) is 9.40 Å². The van der Waals surface area contributed by atoms with Gasteiger partial charge in [-0.2, -0.15) is 0 Å². The van der Waals surface area contributed by atoms with Crippen LogP contribution in [0.1, 0.15) is 24.8 Å². The number of halogens is 1. The Balaban J connectivity index is 1.72. The third-order valence-corrected chi connectivity index (χ3v) is 5.52. The zero-order chi connectivity index (χ0) is 15.0. The summed E-state index contributed by atoms with van der Waals surface area (Å²) >= 11 is 3.24. The average Bonchev–Trinajstić information content (AvgIpc) is 2.69. The summed E-state index contributed by atoms with van der Waals surface area (Å²) in [5, 5.41) is 11.0. The molecule has 1 aromatic rings. The SMILES string of the molecule is CN1C2CCC1CN(Cc1ccc(Br)c([N+](=O)[O-])c1)CC2. The largest absolute Gasteiger partial charge is 0.299 e. The number of fused-ring (bicyclic) bond motifs is 2. The zero-order valence-corrected chi connectivity index (χ0v) is 13.8. The number of rotatable bonds is 3. The average molecular weight is 354 g/mol. The molecule has 2 aliphatic heterocycles. The molecule has 0 N–H and O–H groups in total. The Hall–Kier alpha value is -0.980. The molecule has 0 saturated carbocycles. The number of likely N-dealkylation sites (N-methyl/N-ethyl adjacent to an activating group) is 1. The van der Waals surface area contributed by atoms with Crippen LogP contribution in [0, 0.1) is 10.1 Å². The summed E-state index contributed by atoms with van der Waals surface area (Å²) in [6.07, 6.45) is 3.79. The molecule has 0 amide bonds. The maximum atomic E-state index is 11.0. The first-order valence-electron chi connectivity index (χ1n) is 7.41. The highest BCUT2D eigenvalue weighted by Gasteiger charge is 2.34. The Labute approximate surface area is 133 Å². The van der Waals surface area contributed by atoms with Gasteiger partial charge in [0, 0.05) is 37.8 Å². The molecule has 21 heavy (non-hydrogen) atoms. The lowest BCUT2D eigenvalue weighted by molar-refractivity contribution is -0.385. The van der Waals surface area contributed by atoms with Crippen molar-refractivity contribution in [3.63, 3.8) is 0 Å². The maximum absolute atomic E-state index is 11.0. The number of nitro benzene ring substituents is 1. The molecule has 0 aliphatic carbocycles. The third kappa shape index (κ3) is 3.12. The van der Waals surface area contributed by atoms with Gasteiger partial charge in [0.15, 0.2) is 0 Å². The lowest BCUT2D eigenvalue weighted by atomic mass is 10.1. The van der Waals surface area contributed by atoms with Gasteiger partial charge in [-0.05, 0) is 53.9 Å². The third-order valence-electron chi connectivity index (χ3n) is 4.85. The van der Waals surface area contributed by atoms with E-state index in [2.05, 4.69) is 32.8 Å². The van der Waals surface area contributed by atoms with Crippen molar-refractivity contribution in [2.75, 3.05) is 20.1 Å². The molecular formula is C15H20BrN3O2. The van der Waals surface area contributed by atoms with Crippen LogP contribution in [0.25, 0.3) is 0 Å². The van der Waals surface area contributed by atoms with E-state index in [4.69, 9.17) is 0 Å². The van der Waals surface area contributed by atoms with Gasteiger partial charge >= 0.3 is 0 Å². The summed E-state index contributed by atoms with van der Waals surface area (Å²) in [5.41, 5.74) is 1.17. The fourth-order valence-electron chi connectivity index (χ4n) is 3.58. The van der Waals surface area contributed by atoms with Crippen LogP contribution in [0.3, 0.4) is 0 Å². The van der Waals surface area contributed by atoms with Crippen molar-refractivity contribution in [2.45, 2.75) is 37.9 Å². The number of hydrogen-bond donors (Lipinski definition) is 0. The predicted molar refractivity (Wildman–Crippen MR) is 85.3 cm³/mol. The molecule has 2 atom stereocenters. The second-order valence-electron chi connectivity index (χ2n) is 6.12. The van der Waals surface area contributed by atoms with Crippen LogP contribution < -0.4 is 0 Å². The first kappa shape index (κ1) is 14.9. The number of benzene rings is 1. The molecule has 2 aliphatic rings. The highest BCUT2D eigenvalue weighted by atomic mass is 79.9. The molecule has 6 heteroatoms. The van der Waals surface area contributed by atoms with Gasteiger partial charge in [-0.1, -0.05) is 6.07 Å². The second kappa shape index (κ2) is 6.02. The van der Waals surface area contributed by atoms with Crippen molar-refractivity contribution < 1.29 is 4.92 Å². The van der Waals surface area contributed by atoms with Crippen LogP contribution in [0.2, 0.25) is 0 Å². The Morgan fingerprint density at radius 2 is 2.10 bits per heavy atom. The van der Waals surface area contributed by atoms with Gasteiger partial charge in [-0.3, -0.25) is 19.9 Å². The molecule has 0 radical (unpaired) electrons. The fraction of sp³-hybridized carbons (Fsp3) is 0.600. The predicted octanol–water partition coefficient (Wildman–Crippen LogP) is 3.03. The highest BCUT2D eigenvalue weighted by molar-refractivity contribution is 9.10. The molecule has 0 aromatic heterocycles. The van der Waals surface area contributed by atoms with Crippen molar-refractivity contribution in [1.29, 1.82) is 0 Å². The summed E-state index contributed by atoms with van der Waals surface area (Å²) in [7, 11) is 2.23. The molecule has 2 unspecified atom stereocenters. The van der Waals surface area contributed by atoms with E-state index in [0.717, 1.165) is 31.2 Å². The Bertz CT molecular complexity index is 552. The van der Waals surface area contributed by atoms with E-state index in [1.54, 1.807) is 12.1 Å². The molecule has 2 heterocycles. The van der Waals surface area contributed by atoms with Crippen molar-refractivity contribution >= 4 is 21.6 Å². The van der Waals surface area contributed by atoms with E-state index in [1.807, 2.05) is 6.07 Å². The molecule has 2 bridgehead atoms. The minimum Gasteiger partial charge on any atom is -0.299 e. The first-order valence-corrected chi connectivity index (χ1v) is 8.21. The van der Waals surface area contributed by atoms with E-state index in [9.17, 15) is 10.1 Å². The van der Waals surface area contributed by atoms with E-state index >= 15 is 0 Å². The molecular weight excluding hydrogens is 334 g/mol. The summed E-state index contributed by atoms with van der Waals surface area (Å²) < 4.78 is 0.547. The highest BCUT2D eigenvalue weighted by Crippen LogP contribution is 2.30. The number of nitro groups is 1. The van der Waals surface area contributed by atoms with Crippen LogP contribution in [0.15, 0.2) is 22.7 Å². The van der Waals surface area contributed by atoms with Gasteiger partial charge in [0.25, 0.3) is 5.69 Å². The Morgan fingerprint density at radius 1 is 1.33 bits per heavy atom. The van der Waals surface area contributed by atoms with Crippen molar-refractivity contribution in [1.82, 2.24) is 9.80 Å². The molecule has 114 valence electrons. The Kier molecular flexibility index (Phi) is 4.28. The quantitative estimate of drug-likeness (QED) is 0.619. The Morgan fingerprint density at radius 3 is 2.86 bits per heavy atom. The number of likely N-dealkylation sites (tertiary alicyclic amines) is 1. The first-order chi connectivity index (χ1) is 10.0. The standard InChI is InChI=1S/C15H20BrN3O2/c1-17-12-3-4-13(17)10-18(7-6-12)9-11-2-5-14(16)15(8-11)19(20)21/h2,5,8,12-13H,3-4,6-7,9-10H2,1H3. The molecule has 2 fully saturated rings. The van der Waals surface area contributed by atoms with Gasteiger partial charge in [0.2, 0.25) is 0 Å². The van der Waals surface area contributed by atoms with E-state index < -0.39 is 0 Å². The smallest absolute Gasteiger partial charge is 0.283 e. The minimum atomic E-state index is -0.328. The van der Waals surface area contributed by atoms with Crippen LogP contribution >= 0.6 is 15.9 Å². The van der Waals surface area contributed by atoms with Crippen molar-refractivity contribution in [3.8, 4) is 0 Å². The van der Waals surface area contributed by atoms with Gasteiger partial charge in [-0.15, -0.1) is 0 Å². The van der Waals surface area contributed by atoms with Gasteiger partial charge < -0.3 is 0 Å².